The molecule has 0 fully saturated rings. The second kappa shape index (κ2) is 6.38. The summed E-state index contributed by atoms with van der Waals surface area (Å²) in [5.74, 6) is 0.803. The van der Waals surface area contributed by atoms with Crippen molar-refractivity contribution >= 4 is 24.2 Å². The molecule has 3 rings (SSSR count). The predicted octanol–water partition coefficient (Wildman–Crippen LogP) is 4.76. The van der Waals surface area contributed by atoms with Crippen LogP contribution < -0.4 is 4.74 Å². The molecule has 0 aliphatic rings. The summed E-state index contributed by atoms with van der Waals surface area (Å²) in [7, 11) is 1.64. The van der Waals surface area contributed by atoms with E-state index in [-0.39, 0.29) is 0 Å². The van der Waals surface area contributed by atoms with E-state index < -0.39 is 0 Å². The van der Waals surface area contributed by atoms with Gasteiger partial charge in [0.25, 0.3) is 0 Å². The highest BCUT2D eigenvalue weighted by molar-refractivity contribution is 7.80. The van der Waals surface area contributed by atoms with E-state index in [4.69, 9.17) is 16.3 Å². The summed E-state index contributed by atoms with van der Waals surface area (Å²) in [4.78, 5) is 8.67. The van der Waals surface area contributed by atoms with Crippen LogP contribution in [0.15, 0.2) is 59.9 Å². The van der Waals surface area contributed by atoms with Crippen LogP contribution in [0, 0.1) is 0 Å². The van der Waals surface area contributed by atoms with Crippen molar-refractivity contribution in [3.05, 3.63) is 59.8 Å². The quantitative estimate of drug-likeness (QED) is 0.556. The topological polar surface area (TPSA) is 35.0 Å². The first kappa shape index (κ1) is 14.9. The van der Waals surface area contributed by atoms with Crippen LogP contribution in [-0.4, -0.2) is 17.1 Å². The highest BCUT2D eigenvalue weighted by atomic mass is 35.5. The number of halogens is 1. The first-order chi connectivity index (χ1) is 10.7. The fourth-order valence-corrected chi connectivity index (χ4v) is 2.47. The van der Waals surface area contributed by atoms with Crippen molar-refractivity contribution in [2.24, 2.45) is 0 Å². The minimum absolute atomic E-state index is 0.434. The van der Waals surface area contributed by atoms with E-state index >= 15 is 0 Å². The van der Waals surface area contributed by atoms with Gasteiger partial charge in [-0.15, -0.1) is 12.6 Å². The number of aromatic nitrogens is 2. The number of hydrogen-bond acceptors (Lipinski definition) is 4. The average Bonchev–Trinajstić information content (AvgIpc) is 2.56. The number of rotatable bonds is 3. The molecule has 0 atom stereocenters. The predicted molar refractivity (Wildman–Crippen MR) is 91.7 cm³/mol. The molecule has 0 spiro atoms. The van der Waals surface area contributed by atoms with Gasteiger partial charge < -0.3 is 4.74 Å². The Morgan fingerprint density at radius 1 is 0.955 bits per heavy atom. The molecule has 0 unspecified atom stereocenters. The molecule has 2 aromatic carbocycles. The third kappa shape index (κ3) is 3.08. The van der Waals surface area contributed by atoms with Crippen LogP contribution in [0.1, 0.15) is 0 Å². The van der Waals surface area contributed by atoms with E-state index in [1.807, 2.05) is 48.5 Å². The van der Waals surface area contributed by atoms with E-state index in [1.54, 1.807) is 13.3 Å². The highest BCUT2D eigenvalue weighted by Gasteiger charge is 2.11. The smallest absolute Gasteiger partial charge is 0.184 e. The van der Waals surface area contributed by atoms with Gasteiger partial charge >= 0.3 is 0 Å². The summed E-state index contributed by atoms with van der Waals surface area (Å²) in [5, 5.41) is 1.13. The number of thiol groups is 1. The van der Waals surface area contributed by atoms with Crippen LogP contribution in [0.25, 0.3) is 22.4 Å². The maximum atomic E-state index is 5.96. The summed E-state index contributed by atoms with van der Waals surface area (Å²) < 4.78 is 5.19. The maximum Gasteiger partial charge on any atom is 0.184 e. The summed E-state index contributed by atoms with van der Waals surface area (Å²) in [6.45, 7) is 0. The Morgan fingerprint density at radius 2 is 1.59 bits per heavy atom. The summed E-state index contributed by atoms with van der Waals surface area (Å²) in [5.41, 5.74) is 3.73. The van der Waals surface area contributed by atoms with E-state index in [0.717, 1.165) is 28.1 Å². The average molecular weight is 329 g/mol. The first-order valence-corrected chi connectivity index (χ1v) is 7.46. The van der Waals surface area contributed by atoms with Crippen LogP contribution >= 0.6 is 24.2 Å². The van der Waals surface area contributed by atoms with E-state index in [0.29, 0.717) is 10.2 Å². The maximum absolute atomic E-state index is 5.96. The lowest BCUT2D eigenvalue weighted by atomic mass is 10.0. The van der Waals surface area contributed by atoms with Gasteiger partial charge in [-0.3, -0.25) is 0 Å². The Bertz CT molecular complexity index is 789. The molecule has 0 saturated carbocycles. The summed E-state index contributed by atoms with van der Waals surface area (Å²) in [6.07, 6.45) is 1.78. The van der Waals surface area contributed by atoms with Gasteiger partial charge in [0.05, 0.1) is 12.8 Å². The van der Waals surface area contributed by atoms with Gasteiger partial charge in [0.15, 0.2) is 5.16 Å². The molecule has 0 aliphatic carbocycles. The zero-order valence-electron chi connectivity index (χ0n) is 11.8. The lowest BCUT2D eigenvalue weighted by Gasteiger charge is -2.10. The number of nitrogens with zero attached hydrogens (tertiary/aromatic N) is 2. The van der Waals surface area contributed by atoms with Crippen molar-refractivity contribution < 1.29 is 4.74 Å². The summed E-state index contributed by atoms with van der Waals surface area (Å²) >= 11 is 10.2. The standard InChI is InChI=1S/C17H13ClN2OS/c1-21-14-8-4-12(5-9-14)16-15(10-19-17(22)20-16)11-2-6-13(18)7-3-11/h2-10H,1H3,(H,19,20,22). The fourth-order valence-electron chi connectivity index (χ4n) is 2.18. The SMILES string of the molecule is COc1ccc(-c2nc(S)ncc2-c2ccc(Cl)cc2)cc1. The van der Waals surface area contributed by atoms with Crippen LogP contribution in [0.2, 0.25) is 5.02 Å². The van der Waals surface area contributed by atoms with Crippen molar-refractivity contribution in [1.82, 2.24) is 9.97 Å². The number of ether oxygens (including phenoxy) is 1. The Balaban J connectivity index is 2.13. The molecule has 0 saturated heterocycles. The largest absolute Gasteiger partial charge is 0.497 e. The van der Waals surface area contributed by atoms with Gasteiger partial charge in [-0.1, -0.05) is 23.7 Å². The molecule has 3 aromatic rings. The van der Waals surface area contributed by atoms with Gasteiger partial charge in [0.2, 0.25) is 0 Å². The molecule has 3 nitrogen and oxygen atoms in total. The van der Waals surface area contributed by atoms with Gasteiger partial charge in [0, 0.05) is 22.3 Å². The van der Waals surface area contributed by atoms with Crippen LogP contribution in [0.5, 0.6) is 5.75 Å². The van der Waals surface area contributed by atoms with Crippen molar-refractivity contribution in [2.75, 3.05) is 7.11 Å². The molecular formula is C17H13ClN2OS. The Morgan fingerprint density at radius 3 is 2.23 bits per heavy atom. The summed E-state index contributed by atoms with van der Waals surface area (Å²) in [6, 6.07) is 15.3. The van der Waals surface area contributed by atoms with Crippen LogP contribution in [-0.2, 0) is 0 Å². The van der Waals surface area contributed by atoms with E-state index in [1.165, 1.54) is 0 Å². The minimum Gasteiger partial charge on any atom is -0.497 e. The molecule has 110 valence electrons. The molecule has 22 heavy (non-hydrogen) atoms. The normalized spacial score (nSPS) is 10.5. The number of hydrogen-bond donors (Lipinski definition) is 1. The zero-order valence-corrected chi connectivity index (χ0v) is 13.5. The Kier molecular flexibility index (Phi) is 4.32. The van der Waals surface area contributed by atoms with Gasteiger partial charge in [-0.2, -0.15) is 0 Å². The third-order valence-corrected chi connectivity index (χ3v) is 3.76. The molecule has 1 aromatic heterocycles. The molecule has 0 radical (unpaired) electrons. The highest BCUT2D eigenvalue weighted by Crippen LogP contribution is 2.32. The van der Waals surface area contributed by atoms with E-state index in [9.17, 15) is 0 Å². The number of methoxy groups -OCH3 is 1. The monoisotopic (exact) mass is 328 g/mol. The Hall–Kier alpha value is -2.04. The molecule has 0 aliphatic heterocycles. The van der Waals surface area contributed by atoms with Gasteiger partial charge in [0.1, 0.15) is 5.75 Å². The first-order valence-electron chi connectivity index (χ1n) is 6.64. The van der Waals surface area contributed by atoms with Crippen molar-refractivity contribution in [3.63, 3.8) is 0 Å². The second-order valence-corrected chi connectivity index (χ2v) is 5.50. The van der Waals surface area contributed by atoms with Crippen molar-refractivity contribution in [2.45, 2.75) is 5.16 Å². The molecule has 0 bridgehead atoms. The van der Waals surface area contributed by atoms with Crippen LogP contribution in [0.4, 0.5) is 0 Å². The van der Waals surface area contributed by atoms with Gasteiger partial charge in [-0.05, 0) is 42.0 Å². The number of benzene rings is 2. The van der Waals surface area contributed by atoms with Crippen LogP contribution in [0.3, 0.4) is 0 Å². The molecule has 0 amide bonds. The van der Waals surface area contributed by atoms with Crippen molar-refractivity contribution in [3.8, 4) is 28.1 Å². The molecular weight excluding hydrogens is 316 g/mol. The minimum atomic E-state index is 0.434. The molecule has 1 heterocycles. The fraction of sp³-hybridized carbons (Fsp3) is 0.0588. The molecule has 5 heteroatoms. The second-order valence-electron chi connectivity index (χ2n) is 4.67. The zero-order chi connectivity index (χ0) is 15.5. The Labute approximate surface area is 139 Å². The lowest BCUT2D eigenvalue weighted by Crippen LogP contribution is -1.93. The lowest BCUT2D eigenvalue weighted by molar-refractivity contribution is 0.415. The van der Waals surface area contributed by atoms with Gasteiger partial charge in [-0.25, -0.2) is 9.97 Å². The van der Waals surface area contributed by atoms with Crippen molar-refractivity contribution in [1.29, 1.82) is 0 Å². The van der Waals surface area contributed by atoms with E-state index in [2.05, 4.69) is 22.6 Å². The molecule has 0 N–H and O–H groups in total. The third-order valence-electron chi connectivity index (χ3n) is 3.29.